The van der Waals surface area contributed by atoms with Crippen LogP contribution in [0.3, 0.4) is 0 Å². The lowest BCUT2D eigenvalue weighted by atomic mass is 10.1. The van der Waals surface area contributed by atoms with Gasteiger partial charge in [0.25, 0.3) is 0 Å². The number of nitriles is 1. The third-order valence-electron chi connectivity index (χ3n) is 4.79. The van der Waals surface area contributed by atoms with Gasteiger partial charge < -0.3 is 4.74 Å². The molecule has 6 nitrogen and oxygen atoms in total. The molecule has 0 aliphatic carbocycles. The van der Waals surface area contributed by atoms with E-state index in [0.717, 1.165) is 25.7 Å². The predicted octanol–water partition coefficient (Wildman–Crippen LogP) is 3.48. The molecule has 0 aromatic heterocycles. The summed E-state index contributed by atoms with van der Waals surface area (Å²) < 4.78 is 32.3. The van der Waals surface area contributed by atoms with Crippen LogP contribution in [0, 0.1) is 11.3 Å². The fourth-order valence-corrected chi connectivity index (χ4v) is 4.69. The van der Waals surface area contributed by atoms with Crippen LogP contribution in [0.4, 0.5) is 0 Å². The minimum absolute atomic E-state index is 0.0175. The normalized spacial score (nSPS) is 15.4. The van der Waals surface area contributed by atoms with Crippen LogP contribution in [0.15, 0.2) is 53.4 Å². The smallest absolute Gasteiger partial charge is 0.338 e. The number of nitrogens with zero attached hydrogens (tertiary/aromatic N) is 2. The van der Waals surface area contributed by atoms with Gasteiger partial charge in [-0.15, -0.1) is 0 Å². The van der Waals surface area contributed by atoms with Gasteiger partial charge in [-0.25, -0.2) is 13.2 Å². The van der Waals surface area contributed by atoms with E-state index in [4.69, 9.17) is 10.00 Å². The number of carbonyl (C=O) groups is 1. The first kappa shape index (κ1) is 20.1. The minimum atomic E-state index is -3.55. The average molecular weight is 398 g/mol. The SMILES string of the molecule is N#Cc1ccccc1COC(=O)c1ccc(S(=O)(=O)N2CCCCCC2)cc1. The van der Waals surface area contributed by atoms with E-state index in [-0.39, 0.29) is 17.1 Å². The molecule has 1 aliphatic rings. The zero-order valence-electron chi connectivity index (χ0n) is 15.5. The summed E-state index contributed by atoms with van der Waals surface area (Å²) >= 11 is 0. The molecular weight excluding hydrogens is 376 g/mol. The largest absolute Gasteiger partial charge is 0.457 e. The first-order valence-corrected chi connectivity index (χ1v) is 10.7. The third-order valence-corrected chi connectivity index (χ3v) is 6.70. The van der Waals surface area contributed by atoms with Gasteiger partial charge in [-0.2, -0.15) is 9.57 Å². The molecule has 1 fully saturated rings. The Bertz CT molecular complexity index is 970. The quantitative estimate of drug-likeness (QED) is 0.720. The second kappa shape index (κ2) is 9.00. The zero-order valence-corrected chi connectivity index (χ0v) is 16.3. The van der Waals surface area contributed by atoms with Gasteiger partial charge in [0.2, 0.25) is 10.0 Å². The maximum Gasteiger partial charge on any atom is 0.338 e. The lowest BCUT2D eigenvalue weighted by Crippen LogP contribution is -2.31. The van der Waals surface area contributed by atoms with Crippen LogP contribution in [0.25, 0.3) is 0 Å². The van der Waals surface area contributed by atoms with Crippen molar-refractivity contribution in [1.29, 1.82) is 5.26 Å². The van der Waals surface area contributed by atoms with E-state index in [1.807, 2.05) is 0 Å². The van der Waals surface area contributed by atoms with Crippen LogP contribution in [-0.4, -0.2) is 31.8 Å². The Morgan fingerprint density at radius 3 is 2.29 bits per heavy atom. The minimum Gasteiger partial charge on any atom is -0.457 e. The summed E-state index contributed by atoms with van der Waals surface area (Å²) in [5.41, 5.74) is 1.34. The molecule has 0 spiro atoms. The number of hydrogen-bond donors (Lipinski definition) is 0. The second-order valence-corrected chi connectivity index (χ2v) is 8.63. The highest BCUT2D eigenvalue weighted by Crippen LogP contribution is 2.21. The number of carbonyl (C=O) groups excluding carboxylic acids is 1. The fraction of sp³-hybridized carbons (Fsp3) is 0.333. The number of rotatable bonds is 5. The molecule has 28 heavy (non-hydrogen) atoms. The molecular formula is C21H22N2O4S. The molecule has 1 saturated heterocycles. The number of ether oxygens (including phenoxy) is 1. The summed E-state index contributed by atoms with van der Waals surface area (Å²) in [5.74, 6) is -0.563. The second-order valence-electron chi connectivity index (χ2n) is 6.69. The molecule has 146 valence electrons. The molecule has 0 atom stereocenters. The topological polar surface area (TPSA) is 87.5 Å². The van der Waals surface area contributed by atoms with Gasteiger partial charge in [-0.3, -0.25) is 0 Å². The van der Waals surface area contributed by atoms with Gasteiger partial charge >= 0.3 is 5.97 Å². The summed E-state index contributed by atoms with van der Waals surface area (Å²) in [6, 6.07) is 14.8. The van der Waals surface area contributed by atoms with Crippen LogP contribution in [0.5, 0.6) is 0 Å². The maximum absolute atomic E-state index is 12.8. The highest BCUT2D eigenvalue weighted by molar-refractivity contribution is 7.89. The molecule has 1 aliphatic heterocycles. The zero-order chi connectivity index (χ0) is 20.0. The lowest BCUT2D eigenvalue weighted by Gasteiger charge is -2.20. The Morgan fingerprint density at radius 2 is 1.64 bits per heavy atom. The molecule has 0 unspecified atom stereocenters. The molecule has 2 aromatic rings. The Balaban J connectivity index is 1.68. The van der Waals surface area contributed by atoms with Crippen molar-refractivity contribution in [3.63, 3.8) is 0 Å². The Kier molecular flexibility index (Phi) is 6.45. The van der Waals surface area contributed by atoms with Crippen molar-refractivity contribution >= 4 is 16.0 Å². The van der Waals surface area contributed by atoms with Crippen molar-refractivity contribution in [3.8, 4) is 6.07 Å². The molecule has 0 amide bonds. The molecule has 2 aromatic carbocycles. The third kappa shape index (κ3) is 4.58. The Labute approximate surface area is 165 Å². The van der Waals surface area contributed by atoms with Gasteiger partial charge in [0.1, 0.15) is 6.61 Å². The van der Waals surface area contributed by atoms with Crippen LogP contribution < -0.4 is 0 Å². The van der Waals surface area contributed by atoms with Crippen LogP contribution in [0.1, 0.15) is 47.2 Å². The maximum atomic E-state index is 12.8. The molecule has 0 radical (unpaired) electrons. The molecule has 0 saturated carbocycles. The van der Waals surface area contributed by atoms with E-state index >= 15 is 0 Å². The number of sulfonamides is 1. The van der Waals surface area contributed by atoms with Gasteiger partial charge in [0.15, 0.2) is 0 Å². The van der Waals surface area contributed by atoms with Gasteiger partial charge in [-0.1, -0.05) is 31.0 Å². The van der Waals surface area contributed by atoms with Gasteiger partial charge in [-0.05, 0) is 43.2 Å². The summed E-state index contributed by atoms with van der Waals surface area (Å²) in [7, 11) is -3.55. The fourth-order valence-electron chi connectivity index (χ4n) is 3.18. The number of benzene rings is 2. The molecule has 1 heterocycles. The molecule has 3 rings (SSSR count). The van der Waals surface area contributed by atoms with Gasteiger partial charge in [0.05, 0.1) is 22.1 Å². The van der Waals surface area contributed by atoms with E-state index in [9.17, 15) is 13.2 Å². The van der Waals surface area contributed by atoms with Crippen molar-refractivity contribution in [1.82, 2.24) is 4.31 Å². The first-order chi connectivity index (χ1) is 13.5. The standard InChI is InChI=1S/C21H22N2O4S/c22-15-18-7-3-4-8-19(18)16-27-21(24)17-9-11-20(12-10-17)28(25,26)23-13-5-1-2-6-14-23/h3-4,7-12H,1-2,5-6,13-14,16H2. The van der Waals surface area contributed by atoms with Crippen LogP contribution >= 0.6 is 0 Å². The summed E-state index contributed by atoms with van der Waals surface area (Å²) in [4.78, 5) is 12.4. The number of hydrogen-bond acceptors (Lipinski definition) is 5. The van der Waals surface area contributed by atoms with E-state index < -0.39 is 16.0 Å². The molecule has 7 heteroatoms. The van der Waals surface area contributed by atoms with E-state index in [1.165, 1.54) is 28.6 Å². The number of esters is 1. The summed E-state index contributed by atoms with van der Waals surface area (Å²) in [5, 5.41) is 9.08. The van der Waals surface area contributed by atoms with E-state index in [0.29, 0.717) is 24.2 Å². The first-order valence-electron chi connectivity index (χ1n) is 9.28. The van der Waals surface area contributed by atoms with Crippen molar-refractivity contribution in [2.75, 3.05) is 13.1 Å². The Morgan fingerprint density at radius 1 is 1.00 bits per heavy atom. The van der Waals surface area contributed by atoms with E-state index in [1.54, 1.807) is 24.3 Å². The monoisotopic (exact) mass is 398 g/mol. The van der Waals surface area contributed by atoms with Crippen molar-refractivity contribution < 1.29 is 17.9 Å². The highest BCUT2D eigenvalue weighted by Gasteiger charge is 2.25. The lowest BCUT2D eigenvalue weighted by molar-refractivity contribution is 0.0472. The highest BCUT2D eigenvalue weighted by atomic mass is 32.2. The Hall–Kier alpha value is -2.69. The van der Waals surface area contributed by atoms with Crippen LogP contribution in [-0.2, 0) is 21.4 Å². The van der Waals surface area contributed by atoms with Crippen molar-refractivity contribution in [3.05, 3.63) is 65.2 Å². The molecule has 0 N–H and O–H groups in total. The average Bonchev–Trinajstić information content (AvgIpc) is 3.02. The van der Waals surface area contributed by atoms with E-state index in [2.05, 4.69) is 6.07 Å². The predicted molar refractivity (Wildman–Crippen MR) is 104 cm³/mol. The van der Waals surface area contributed by atoms with Crippen molar-refractivity contribution in [2.45, 2.75) is 37.2 Å². The van der Waals surface area contributed by atoms with Crippen molar-refractivity contribution in [2.24, 2.45) is 0 Å². The molecule has 0 bridgehead atoms. The summed E-state index contributed by atoms with van der Waals surface area (Å²) in [6.45, 7) is 1.05. The van der Waals surface area contributed by atoms with Gasteiger partial charge in [0, 0.05) is 18.7 Å². The summed E-state index contributed by atoms with van der Waals surface area (Å²) in [6.07, 6.45) is 3.83. The van der Waals surface area contributed by atoms with Crippen LogP contribution in [0.2, 0.25) is 0 Å².